The maximum Gasteiger partial charge on any atom is 0.133 e. The Morgan fingerprint density at radius 1 is 0.450 bits per heavy atom. The van der Waals surface area contributed by atoms with Gasteiger partial charge in [-0.3, -0.25) is 19.2 Å². The van der Waals surface area contributed by atoms with Crippen molar-refractivity contribution in [2.75, 3.05) is 0 Å². The summed E-state index contributed by atoms with van der Waals surface area (Å²) in [6.45, 7) is 3.86. The van der Waals surface area contributed by atoms with E-state index in [0.29, 0.717) is 12.8 Å². The predicted molar refractivity (Wildman–Crippen MR) is 77.5 cm³/mol. The first kappa shape index (κ1) is 18.7. The van der Waals surface area contributed by atoms with Crippen LogP contribution in [0.4, 0.5) is 0 Å². The van der Waals surface area contributed by atoms with Crippen LogP contribution in [0.2, 0.25) is 0 Å². The van der Waals surface area contributed by atoms with Crippen LogP contribution in [0.5, 0.6) is 0 Å². The summed E-state index contributed by atoms with van der Waals surface area (Å²) in [4.78, 5) is 45.6. The average molecular weight is 282 g/mol. The Morgan fingerprint density at radius 3 is 0.850 bits per heavy atom. The van der Waals surface area contributed by atoms with Crippen LogP contribution in [0, 0.1) is 0 Å². The van der Waals surface area contributed by atoms with E-state index in [1.54, 1.807) is 0 Å². The molecule has 0 aromatic rings. The molecule has 0 aliphatic rings. The number of carbonyl (C=O) groups is 4. The summed E-state index contributed by atoms with van der Waals surface area (Å²) < 4.78 is 0. The quantitative estimate of drug-likeness (QED) is 0.520. The van der Waals surface area contributed by atoms with Gasteiger partial charge in [0.15, 0.2) is 0 Å². The van der Waals surface area contributed by atoms with E-state index in [9.17, 15) is 19.2 Å². The third kappa shape index (κ3) is 10.6. The van der Waals surface area contributed by atoms with Crippen molar-refractivity contribution in [2.45, 2.75) is 78.1 Å². The molecule has 4 heteroatoms. The van der Waals surface area contributed by atoms with E-state index < -0.39 is 0 Å². The van der Waals surface area contributed by atoms with E-state index in [2.05, 4.69) is 0 Å². The number of Topliss-reactive ketones (excluding diaryl/α,β-unsaturated/α-hetero) is 4. The van der Waals surface area contributed by atoms with Gasteiger partial charge in [0.05, 0.1) is 0 Å². The highest BCUT2D eigenvalue weighted by Gasteiger charge is 2.10. The molecule has 0 aliphatic heterocycles. The summed E-state index contributed by atoms with van der Waals surface area (Å²) in [5, 5.41) is 0. The van der Waals surface area contributed by atoms with Gasteiger partial charge in [-0.25, -0.2) is 0 Å². The topological polar surface area (TPSA) is 68.3 Å². The van der Waals surface area contributed by atoms with Gasteiger partial charge < -0.3 is 0 Å². The second-order valence-corrected chi connectivity index (χ2v) is 5.15. The molecule has 114 valence electrons. The molecule has 0 spiro atoms. The Bertz CT molecular complexity index is 310. The summed E-state index contributed by atoms with van der Waals surface area (Å²) in [5.74, 6) is 0.139. The molecule has 0 radical (unpaired) electrons. The molecule has 0 bridgehead atoms. The molecule has 0 aromatic heterocycles. The Kier molecular flexibility index (Phi) is 10.7. The zero-order chi connectivity index (χ0) is 15.4. The lowest BCUT2D eigenvalue weighted by Crippen LogP contribution is -2.08. The number of ketones is 4. The lowest BCUT2D eigenvalue weighted by molar-refractivity contribution is -0.127. The molecule has 0 saturated heterocycles. The maximum atomic E-state index is 11.5. The highest BCUT2D eigenvalue weighted by atomic mass is 16.1. The van der Waals surface area contributed by atoms with Gasteiger partial charge in [-0.1, -0.05) is 13.8 Å². The van der Waals surface area contributed by atoms with Gasteiger partial charge in [-0.15, -0.1) is 0 Å². The largest absolute Gasteiger partial charge is 0.300 e. The minimum atomic E-state index is -0.0392. The van der Waals surface area contributed by atoms with Crippen LogP contribution < -0.4 is 0 Å². The van der Waals surface area contributed by atoms with Crippen molar-refractivity contribution in [2.24, 2.45) is 0 Å². The standard InChI is InChI=1S/C16H26O4/c1-3-5-13(17)7-9-15(19)11-12-16(20)10-8-14(18)6-4-2/h3-12H2,1-2H3. The van der Waals surface area contributed by atoms with Crippen LogP contribution in [-0.2, 0) is 19.2 Å². The van der Waals surface area contributed by atoms with Gasteiger partial charge in [-0.2, -0.15) is 0 Å². The van der Waals surface area contributed by atoms with E-state index in [0.717, 1.165) is 12.8 Å². The Labute approximate surface area is 121 Å². The molecule has 0 atom stereocenters. The van der Waals surface area contributed by atoms with E-state index >= 15 is 0 Å². The van der Waals surface area contributed by atoms with Gasteiger partial charge in [0.1, 0.15) is 23.1 Å². The molecule has 0 aromatic carbocycles. The van der Waals surface area contributed by atoms with Crippen molar-refractivity contribution in [3.63, 3.8) is 0 Å². The Morgan fingerprint density at radius 2 is 0.650 bits per heavy atom. The molecular weight excluding hydrogens is 256 g/mol. The normalized spacial score (nSPS) is 10.3. The molecule has 0 fully saturated rings. The molecule has 0 saturated carbocycles. The summed E-state index contributed by atoms with van der Waals surface area (Å²) in [5.41, 5.74) is 0. The fraction of sp³-hybridized carbons (Fsp3) is 0.750. The average Bonchev–Trinajstić information content (AvgIpc) is 2.41. The fourth-order valence-corrected chi connectivity index (χ4v) is 1.89. The molecular formula is C16H26O4. The van der Waals surface area contributed by atoms with Gasteiger partial charge in [-0.05, 0) is 12.8 Å². The first-order valence-electron chi connectivity index (χ1n) is 7.56. The molecule has 0 heterocycles. The van der Waals surface area contributed by atoms with Crippen LogP contribution in [0.25, 0.3) is 0 Å². The number of carbonyl (C=O) groups excluding carboxylic acids is 4. The highest BCUT2D eigenvalue weighted by Crippen LogP contribution is 2.06. The van der Waals surface area contributed by atoms with E-state index in [1.165, 1.54) is 0 Å². The molecule has 0 unspecified atom stereocenters. The smallest absolute Gasteiger partial charge is 0.133 e. The van der Waals surface area contributed by atoms with E-state index in [-0.39, 0.29) is 61.7 Å². The van der Waals surface area contributed by atoms with Gasteiger partial charge in [0.2, 0.25) is 0 Å². The zero-order valence-corrected chi connectivity index (χ0v) is 12.7. The molecule has 0 rings (SSSR count). The molecule has 4 nitrogen and oxygen atoms in total. The van der Waals surface area contributed by atoms with Gasteiger partial charge >= 0.3 is 0 Å². The Hall–Kier alpha value is -1.32. The third-order valence-electron chi connectivity index (χ3n) is 3.11. The van der Waals surface area contributed by atoms with Crippen molar-refractivity contribution in [3.05, 3.63) is 0 Å². The fourth-order valence-electron chi connectivity index (χ4n) is 1.89. The summed E-state index contributed by atoms with van der Waals surface area (Å²) in [6, 6.07) is 0. The molecule has 20 heavy (non-hydrogen) atoms. The molecule has 0 aliphatic carbocycles. The predicted octanol–water partition coefficient (Wildman–Crippen LogP) is 3.20. The van der Waals surface area contributed by atoms with Crippen molar-refractivity contribution in [3.8, 4) is 0 Å². The van der Waals surface area contributed by atoms with Crippen LogP contribution in [0.15, 0.2) is 0 Å². The van der Waals surface area contributed by atoms with Crippen molar-refractivity contribution >= 4 is 23.1 Å². The number of hydrogen-bond donors (Lipinski definition) is 0. The third-order valence-corrected chi connectivity index (χ3v) is 3.11. The molecule has 0 N–H and O–H groups in total. The summed E-state index contributed by atoms with van der Waals surface area (Å²) in [6.07, 6.45) is 4.08. The maximum absolute atomic E-state index is 11.5. The van der Waals surface area contributed by atoms with Crippen molar-refractivity contribution in [1.29, 1.82) is 0 Å². The minimum Gasteiger partial charge on any atom is -0.300 e. The SMILES string of the molecule is CCCC(=O)CCC(=O)CCC(=O)CCC(=O)CCC. The minimum absolute atomic E-state index is 0.0392. The summed E-state index contributed by atoms with van der Waals surface area (Å²) in [7, 11) is 0. The van der Waals surface area contributed by atoms with E-state index in [1.807, 2.05) is 13.8 Å². The first-order chi connectivity index (χ1) is 9.49. The second kappa shape index (κ2) is 11.5. The highest BCUT2D eigenvalue weighted by molar-refractivity contribution is 5.90. The lowest BCUT2D eigenvalue weighted by Gasteiger charge is -2.01. The number of rotatable bonds is 13. The summed E-state index contributed by atoms with van der Waals surface area (Å²) >= 11 is 0. The van der Waals surface area contributed by atoms with Crippen LogP contribution >= 0.6 is 0 Å². The zero-order valence-electron chi connectivity index (χ0n) is 12.7. The monoisotopic (exact) mass is 282 g/mol. The van der Waals surface area contributed by atoms with Crippen molar-refractivity contribution < 1.29 is 19.2 Å². The van der Waals surface area contributed by atoms with Crippen molar-refractivity contribution in [1.82, 2.24) is 0 Å². The Balaban J connectivity index is 3.70. The number of hydrogen-bond acceptors (Lipinski definition) is 4. The first-order valence-corrected chi connectivity index (χ1v) is 7.56. The van der Waals surface area contributed by atoms with Gasteiger partial charge in [0, 0.05) is 51.4 Å². The molecule has 0 amide bonds. The second-order valence-electron chi connectivity index (χ2n) is 5.15. The van der Waals surface area contributed by atoms with Crippen LogP contribution in [-0.4, -0.2) is 23.1 Å². The van der Waals surface area contributed by atoms with E-state index in [4.69, 9.17) is 0 Å². The van der Waals surface area contributed by atoms with Crippen LogP contribution in [0.1, 0.15) is 78.1 Å². The van der Waals surface area contributed by atoms with Gasteiger partial charge in [0.25, 0.3) is 0 Å². The van der Waals surface area contributed by atoms with Crippen LogP contribution in [0.3, 0.4) is 0 Å². The lowest BCUT2D eigenvalue weighted by atomic mass is 10.0.